The molecule has 0 spiro atoms. The summed E-state index contributed by atoms with van der Waals surface area (Å²) in [6.45, 7) is 6.31. The lowest BCUT2D eigenvalue weighted by atomic mass is 10.0. The first-order valence-corrected chi connectivity index (χ1v) is 11.4. The zero-order chi connectivity index (χ0) is 22.8. The summed E-state index contributed by atoms with van der Waals surface area (Å²) < 4.78 is 10.8. The maximum absolute atomic E-state index is 10.2. The van der Waals surface area contributed by atoms with Gasteiger partial charge in [0.2, 0.25) is 0 Å². The van der Waals surface area contributed by atoms with E-state index in [4.69, 9.17) is 14.5 Å². The number of ether oxygens (including phenoxy) is 2. The molecular weight excluding hydrogens is 531 g/mol. The summed E-state index contributed by atoms with van der Waals surface area (Å²) in [5, 5.41) is 16.9. The van der Waals surface area contributed by atoms with Crippen molar-refractivity contribution in [2.75, 3.05) is 46.9 Å². The van der Waals surface area contributed by atoms with Crippen LogP contribution in [0.2, 0.25) is 0 Å². The van der Waals surface area contributed by atoms with Crippen LogP contribution in [0.15, 0.2) is 47.5 Å². The van der Waals surface area contributed by atoms with Gasteiger partial charge in [-0.25, -0.2) is 0 Å². The van der Waals surface area contributed by atoms with E-state index in [0.717, 1.165) is 36.9 Å². The van der Waals surface area contributed by atoms with Gasteiger partial charge in [0, 0.05) is 24.7 Å². The minimum absolute atomic E-state index is 0. The van der Waals surface area contributed by atoms with Crippen molar-refractivity contribution in [2.24, 2.45) is 4.99 Å². The van der Waals surface area contributed by atoms with Crippen LogP contribution in [0.4, 0.5) is 0 Å². The predicted molar refractivity (Wildman–Crippen MR) is 144 cm³/mol. The van der Waals surface area contributed by atoms with Crippen LogP contribution in [0.5, 0.6) is 17.2 Å². The number of hydrogen-bond acceptors (Lipinski definition) is 5. The van der Waals surface area contributed by atoms with Crippen LogP contribution >= 0.6 is 24.0 Å². The van der Waals surface area contributed by atoms with Gasteiger partial charge in [-0.1, -0.05) is 24.3 Å². The molecule has 0 radical (unpaired) electrons. The lowest BCUT2D eigenvalue weighted by Gasteiger charge is -2.28. The van der Waals surface area contributed by atoms with E-state index < -0.39 is 0 Å². The Hall–Kier alpha value is -2.20. The van der Waals surface area contributed by atoms with Crippen molar-refractivity contribution in [1.29, 1.82) is 0 Å². The lowest BCUT2D eigenvalue weighted by molar-refractivity contribution is 0.245. The molecule has 8 heteroatoms. The van der Waals surface area contributed by atoms with Crippen molar-refractivity contribution >= 4 is 29.9 Å². The number of likely N-dealkylation sites (tertiary alicyclic amines) is 1. The standard InChI is InChI=1S/C25H36N4O3.HI/c1-4-26-25(27-14-13-19-11-12-20(31-2)17-23(19)30)28-18-22(29-15-7-8-16-29)21-9-5-6-10-24(21)32-3;/h5-6,9-12,17,22,30H,4,7-8,13-16,18H2,1-3H3,(H2,26,27,28);1H. The number of aliphatic imine (C=N–C) groups is 1. The molecule has 182 valence electrons. The van der Waals surface area contributed by atoms with Gasteiger partial charge < -0.3 is 25.2 Å². The first-order chi connectivity index (χ1) is 15.7. The average Bonchev–Trinajstić information content (AvgIpc) is 3.35. The van der Waals surface area contributed by atoms with E-state index in [1.54, 1.807) is 20.3 Å². The van der Waals surface area contributed by atoms with Crippen LogP contribution in [-0.2, 0) is 6.42 Å². The fourth-order valence-electron chi connectivity index (χ4n) is 4.12. The third-order valence-electron chi connectivity index (χ3n) is 5.83. The summed E-state index contributed by atoms with van der Waals surface area (Å²) in [5.41, 5.74) is 2.05. The number of nitrogens with zero attached hydrogens (tertiary/aromatic N) is 2. The Bertz CT molecular complexity index is 888. The maximum atomic E-state index is 10.2. The highest BCUT2D eigenvalue weighted by Crippen LogP contribution is 2.32. The van der Waals surface area contributed by atoms with Gasteiger partial charge in [0.25, 0.3) is 0 Å². The minimum Gasteiger partial charge on any atom is -0.508 e. The number of aromatic hydroxyl groups is 1. The van der Waals surface area contributed by atoms with Crippen LogP contribution in [0.1, 0.15) is 36.9 Å². The summed E-state index contributed by atoms with van der Waals surface area (Å²) in [4.78, 5) is 7.41. The van der Waals surface area contributed by atoms with Crippen molar-refractivity contribution in [3.8, 4) is 17.2 Å². The number of para-hydroxylation sites is 1. The Morgan fingerprint density at radius 3 is 2.52 bits per heavy atom. The van der Waals surface area contributed by atoms with Gasteiger partial charge in [0.15, 0.2) is 5.96 Å². The van der Waals surface area contributed by atoms with Crippen LogP contribution in [0.25, 0.3) is 0 Å². The molecule has 0 bridgehead atoms. The molecular formula is C25H37IN4O3. The summed E-state index contributed by atoms with van der Waals surface area (Å²) >= 11 is 0. The Kier molecular flexibility index (Phi) is 11.6. The van der Waals surface area contributed by atoms with Gasteiger partial charge in [-0.2, -0.15) is 0 Å². The molecule has 0 aromatic heterocycles. The maximum Gasteiger partial charge on any atom is 0.191 e. The second-order valence-corrected chi connectivity index (χ2v) is 7.89. The third-order valence-corrected chi connectivity index (χ3v) is 5.83. The van der Waals surface area contributed by atoms with Crippen molar-refractivity contribution in [2.45, 2.75) is 32.2 Å². The summed E-state index contributed by atoms with van der Waals surface area (Å²) in [5.74, 6) is 2.59. The molecule has 1 atom stereocenters. The summed E-state index contributed by atoms with van der Waals surface area (Å²) in [6, 6.07) is 13.8. The van der Waals surface area contributed by atoms with Crippen molar-refractivity contribution in [3.63, 3.8) is 0 Å². The number of phenols is 1. The molecule has 1 aliphatic heterocycles. The molecule has 0 saturated carbocycles. The Morgan fingerprint density at radius 2 is 1.85 bits per heavy atom. The van der Waals surface area contributed by atoms with E-state index in [0.29, 0.717) is 25.3 Å². The molecule has 33 heavy (non-hydrogen) atoms. The summed E-state index contributed by atoms with van der Waals surface area (Å²) in [6.07, 6.45) is 3.13. The molecule has 3 rings (SSSR count). The zero-order valence-electron chi connectivity index (χ0n) is 19.8. The van der Waals surface area contributed by atoms with Gasteiger partial charge >= 0.3 is 0 Å². The molecule has 1 saturated heterocycles. The number of phenolic OH excluding ortho intramolecular Hbond substituents is 1. The van der Waals surface area contributed by atoms with E-state index in [-0.39, 0.29) is 35.8 Å². The van der Waals surface area contributed by atoms with Gasteiger partial charge in [-0.3, -0.25) is 9.89 Å². The fraction of sp³-hybridized carbons (Fsp3) is 0.480. The van der Waals surface area contributed by atoms with Crippen LogP contribution in [-0.4, -0.2) is 62.9 Å². The molecule has 0 amide bonds. The normalized spacial score (nSPS) is 14.9. The van der Waals surface area contributed by atoms with Gasteiger partial charge in [-0.15, -0.1) is 24.0 Å². The molecule has 2 aromatic rings. The second-order valence-electron chi connectivity index (χ2n) is 7.89. The highest BCUT2D eigenvalue weighted by atomic mass is 127. The zero-order valence-corrected chi connectivity index (χ0v) is 22.2. The van der Waals surface area contributed by atoms with Crippen molar-refractivity contribution in [1.82, 2.24) is 15.5 Å². The van der Waals surface area contributed by atoms with Crippen LogP contribution in [0.3, 0.4) is 0 Å². The molecule has 0 aliphatic carbocycles. The molecule has 1 unspecified atom stereocenters. The monoisotopic (exact) mass is 568 g/mol. The first kappa shape index (κ1) is 27.0. The van der Waals surface area contributed by atoms with E-state index >= 15 is 0 Å². The van der Waals surface area contributed by atoms with E-state index in [1.807, 2.05) is 24.3 Å². The molecule has 1 aliphatic rings. The van der Waals surface area contributed by atoms with Crippen LogP contribution in [0, 0.1) is 0 Å². The number of halogens is 1. The predicted octanol–water partition coefficient (Wildman–Crippen LogP) is 3.96. The summed E-state index contributed by atoms with van der Waals surface area (Å²) in [7, 11) is 3.32. The van der Waals surface area contributed by atoms with Crippen LogP contribution < -0.4 is 20.1 Å². The van der Waals surface area contributed by atoms with E-state index in [9.17, 15) is 5.11 Å². The molecule has 1 heterocycles. The Balaban J connectivity index is 0.00000385. The highest BCUT2D eigenvalue weighted by Gasteiger charge is 2.25. The Labute approximate surface area is 214 Å². The highest BCUT2D eigenvalue weighted by molar-refractivity contribution is 14.0. The number of nitrogens with one attached hydrogen (secondary N) is 2. The Morgan fingerprint density at radius 1 is 1.09 bits per heavy atom. The van der Waals surface area contributed by atoms with Gasteiger partial charge in [0.1, 0.15) is 17.2 Å². The van der Waals surface area contributed by atoms with E-state index in [2.05, 4.69) is 34.6 Å². The number of methoxy groups -OCH3 is 2. The number of hydrogen-bond donors (Lipinski definition) is 3. The number of guanidine groups is 1. The molecule has 1 fully saturated rings. The lowest BCUT2D eigenvalue weighted by Crippen LogP contribution is -2.39. The number of rotatable bonds is 10. The average molecular weight is 569 g/mol. The second kappa shape index (κ2) is 14.1. The smallest absolute Gasteiger partial charge is 0.191 e. The fourth-order valence-corrected chi connectivity index (χ4v) is 4.12. The molecule has 2 aromatic carbocycles. The van der Waals surface area contributed by atoms with Gasteiger partial charge in [-0.05, 0) is 57.0 Å². The molecule has 7 nitrogen and oxygen atoms in total. The van der Waals surface area contributed by atoms with E-state index in [1.165, 1.54) is 18.4 Å². The number of benzene rings is 2. The topological polar surface area (TPSA) is 78.4 Å². The van der Waals surface area contributed by atoms with Gasteiger partial charge in [0.05, 0.1) is 26.8 Å². The molecule has 3 N–H and O–H groups in total. The quantitative estimate of drug-likeness (QED) is 0.229. The largest absolute Gasteiger partial charge is 0.508 e. The third kappa shape index (κ3) is 7.67. The minimum atomic E-state index is 0. The first-order valence-electron chi connectivity index (χ1n) is 11.4. The van der Waals surface area contributed by atoms with Crippen molar-refractivity contribution < 1.29 is 14.6 Å². The van der Waals surface area contributed by atoms with Crippen molar-refractivity contribution in [3.05, 3.63) is 53.6 Å². The SMILES string of the molecule is CCNC(=NCC(c1ccccc1OC)N1CCCC1)NCCc1ccc(OC)cc1O.I.